The van der Waals surface area contributed by atoms with E-state index in [9.17, 15) is 14.0 Å². The molecular formula is C16H17FN4O3S2. The minimum atomic E-state index is -0.894. The first-order valence-corrected chi connectivity index (χ1v) is 10.2. The van der Waals surface area contributed by atoms with Crippen LogP contribution in [-0.4, -0.2) is 61.3 Å². The van der Waals surface area contributed by atoms with Crippen LogP contribution in [0.3, 0.4) is 0 Å². The van der Waals surface area contributed by atoms with Crippen molar-refractivity contribution in [3.63, 3.8) is 0 Å². The molecule has 2 saturated heterocycles. The van der Waals surface area contributed by atoms with E-state index >= 15 is 0 Å². The monoisotopic (exact) mass is 396 g/mol. The standard InChI is InChI=1S/C16H17FN4O3S2/c1-18-14(22)11-8-21(16(23)24-11)9-6-10(17)13-12(7-9)26-15(19-13)20-2-4-25-5-3-20/h6-7,11H,2-5,8H2,1H3,(H,18,22)/t11-/m1/s1. The summed E-state index contributed by atoms with van der Waals surface area (Å²) in [6.45, 7) is 1.84. The summed E-state index contributed by atoms with van der Waals surface area (Å²) in [5.41, 5.74) is 0.679. The fourth-order valence-corrected chi connectivity index (χ4v) is 4.95. The molecule has 2 aromatic rings. The minimum Gasteiger partial charge on any atom is -0.434 e. The summed E-state index contributed by atoms with van der Waals surface area (Å²) < 4.78 is 20.3. The Kier molecular flexibility index (Phi) is 4.62. The third-order valence-electron chi connectivity index (χ3n) is 4.37. The van der Waals surface area contributed by atoms with Gasteiger partial charge in [-0.15, -0.1) is 0 Å². The van der Waals surface area contributed by atoms with Gasteiger partial charge >= 0.3 is 6.09 Å². The van der Waals surface area contributed by atoms with Gasteiger partial charge in [-0.05, 0) is 6.07 Å². The summed E-state index contributed by atoms with van der Waals surface area (Å²) in [5, 5.41) is 3.24. The summed E-state index contributed by atoms with van der Waals surface area (Å²) in [6.07, 6.45) is -1.55. The Balaban J connectivity index is 1.64. The Morgan fingerprint density at radius 3 is 2.88 bits per heavy atom. The quantitative estimate of drug-likeness (QED) is 0.856. The molecule has 0 aliphatic carbocycles. The number of cyclic esters (lactones) is 1. The van der Waals surface area contributed by atoms with E-state index in [1.807, 2.05) is 11.8 Å². The molecule has 2 aliphatic heterocycles. The number of benzene rings is 1. The summed E-state index contributed by atoms with van der Waals surface area (Å²) in [5.74, 6) is 1.20. The lowest BCUT2D eigenvalue weighted by Crippen LogP contribution is -2.35. The van der Waals surface area contributed by atoms with Crippen LogP contribution < -0.4 is 15.1 Å². The zero-order valence-corrected chi connectivity index (χ0v) is 15.7. The molecule has 0 unspecified atom stereocenters. The fraction of sp³-hybridized carbons (Fsp3) is 0.438. The number of carbonyl (C=O) groups excluding carboxylic acids is 2. The highest BCUT2D eigenvalue weighted by atomic mass is 32.2. The van der Waals surface area contributed by atoms with Crippen LogP contribution in [0.4, 0.5) is 20.0 Å². The Morgan fingerprint density at radius 1 is 1.38 bits per heavy atom. The molecule has 26 heavy (non-hydrogen) atoms. The number of ether oxygens (including phenoxy) is 1. The maximum atomic E-state index is 14.6. The molecule has 0 spiro atoms. The zero-order chi connectivity index (χ0) is 18.3. The highest BCUT2D eigenvalue weighted by molar-refractivity contribution is 7.99. The summed E-state index contributed by atoms with van der Waals surface area (Å²) in [4.78, 5) is 31.7. The number of fused-ring (bicyclic) bond motifs is 1. The van der Waals surface area contributed by atoms with E-state index in [2.05, 4.69) is 15.2 Å². The number of anilines is 2. The second-order valence-corrected chi connectivity index (χ2v) is 8.20. The minimum absolute atomic E-state index is 0.0540. The van der Waals surface area contributed by atoms with Gasteiger partial charge in [0, 0.05) is 37.7 Å². The number of aromatic nitrogens is 1. The van der Waals surface area contributed by atoms with E-state index in [-0.39, 0.29) is 12.5 Å². The largest absolute Gasteiger partial charge is 0.434 e. The van der Waals surface area contributed by atoms with Gasteiger partial charge in [0.25, 0.3) is 5.91 Å². The number of likely N-dealkylation sites (N-methyl/N-ethyl adjacent to an activating group) is 1. The van der Waals surface area contributed by atoms with Crippen molar-refractivity contribution >= 4 is 56.1 Å². The Morgan fingerprint density at radius 2 is 2.15 bits per heavy atom. The van der Waals surface area contributed by atoms with E-state index in [0.29, 0.717) is 15.9 Å². The number of nitrogens with one attached hydrogen (secondary N) is 1. The molecular weight excluding hydrogens is 379 g/mol. The number of halogens is 1. The molecule has 2 fully saturated rings. The molecule has 138 valence electrons. The number of hydrogen-bond acceptors (Lipinski definition) is 7. The summed E-state index contributed by atoms with van der Waals surface area (Å²) in [7, 11) is 1.47. The Hall–Kier alpha value is -2.07. The van der Waals surface area contributed by atoms with Crippen LogP contribution in [0.15, 0.2) is 12.1 Å². The average Bonchev–Trinajstić information content (AvgIpc) is 3.26. The van der Waals surface area contributed by atoms with E-state index < -0.39 is 18.0 Å². The Labute approximate surface area is 157 Å². The van der Waals surface area contributed by atoms with Crippen LogP contribution in [0, 0.1) is 5.82 Å². The fourth-order valence-electron chi connectivity index (χ4n) is 2.98. The first kappa shape index (κ1) is 17.3. The van der Waals surface area contributed by atoms with Crippen LogP contribution in [0.5, 0.6) is 0 Å². The van der Waals surface area contributed by atoms with Crippen molar-refractivity contribution in [1.29, 1.82) is 0 Å². The van der Waals surface area contributed by atoms with E-state index in [1.165, 1.54) is 29.4 Å². The molecule has 1 atom stereocenters. The van der Waals surface area contributed by atoms with Crippen molar-refractivity contribution in [2.45, 2.75) is 6.10 Å². The van der Waals surface area contributed by atoms with Gasteiger partial charge in [0.15, 0.2) is 17.1 Å². The number of rotatable bonds is 3. The van der Waals surface area contributed by atoms with Crippen molar-refractivity contribution in [3.05, 3.63) is 17.9 Å². The van der Waals surface area contributed by atoms with Gasteiger partial charge in [0.05, 0.1) is 16.9 Å². The van der Waals surface area contributed by atoms with Gasteiger partial charge in [-0.3, -0.25) is 9.69 Å². The number of nitrogens with zero attached hydrogens (tertiary/aromatic N) is 3. The second-order valence-electron chi connectivity index (χ2n) is 5.97. The molecule has 7 nitrogen and oxygen atoms in total. The van der Waals surface area contributed by atoms with E-state index in [1.54, 1.807) is 6.07 Å². The Bertz CT molecular complexity index is 869. The lowest BCUT2D eigenvalue weighted by atomic mass is 10.2. The first-order valence-electron chi connectivity index (χ1n) is 8.19. The molecule has 10 heteroatoms. The maximum Gasteiger partial charge on any atom is 0.415 e. The van der Waals surface area contributed by atoms with Crippen molar-refractivity contribution in [2.24, 2.45) is 0 Å². The van der Waals surface area contributed by atoms with Gasteiger partial charge in [-0.2, -0.15) is 11.8 Å². The van der Waals surface area contributed by atoms with Crippen molar-refractivity contribution in [3.8, 4) is 0 Å². The van der Waals surface area contributed by atoms with Crippen LogP contribution in [0.25, 0.3) is 10.2 Å². The highest BCUT2D eigenvalue weighted by Crippen LogP contribution is 2.35. The maximum absolute atomic E-state index is 14.6. The van der Waals surface area contributed by atoms with Crippen molar-refractivity contribution < 1.29 is 18.7 Å². The molecule has 3 heterocycles. The molecule has 1 aromatic heterocycles. The first-order chi connectivity index (χ1) is 12.6. The predicted octanol–water partition coefficient (Wildman–Crippen LogP) is 2.06. The van der Waals surface area contributed by atoms with Crippen LogP contribution in [0.2, 0.25) is 0 Å². The van der Waals surface area contributed by atoms with Crippen LogP contribution >= 0.6 is 23.1 Å². The normalized spacial score (nSPS) is 20.5. The van der Waals surface area contributed by atoms with Gasteiger partial charge in [0.1, 0.15) is 5.52 Å². The lowest BCUT2D eigenvalue weighted by Gasteiger charge is -2.25. The van der Waals surface area contributed by atoms with Gasteiger partial charge in [-0.25, -0.2) is 14.2 Å². The van der Waals surface area contributed by atoms with Gasteiger partial charge in [0.2, 0.25) is 0 Å². The number of thiazole rings is 1. The lowest BCUT2D eigenvalue weighted by molar-refractivity contribution is -0.127. The van der Waals surface area contributed by atoms with Crippen LogP contribution in [0.1, 0.15) is 0 Å². The van der Waals surface area contributed by atoms with Crippen molar-refractivity contribution in [1.82, 2.24) is 10.3 Å². The molecule has 1 aromatic carbocycles. The number of hydrogen-bond donors (Lipinski definition) is 1. The SMILES string of the molecule is CNC(=O)[C@H]1CN(c2cc(F)c3nc(N4CCSCC4)sc3c2)C(=O)O1. The molecule has 0 saturated carbocycles. The van der Waals surface area contributed by atoms with Crippen molar-refractivity contribution in [2.75, 3.05) is 48.0 Å². The predicted molar refractivity (Wildman–Crippen MR) is 101 cm³/mol. The van der Waals surface area contributed by atoms with Gasteiger partial charge < -0.3 is 15.0 Å². The van der Waals surface area contributed by atoms with Crippen LogP contribution in [-0.2, 0) is 9.53 Å². The number of amides is 2. The molecule has 2 aliphatic rings. The van der Waals surface area contributed by atoms with Gasteiger partial charge in [-0.1, -0.05) is 11.3 Å². The molecule has 4 rings (SSSR count). The third-order valence-corrected chi connectivity index (χ3v) is 6.37. The number of carbonyl (C=O) groups is 2. The van der Waals surface area contributed by atoms with E-state index in [0.717, 1.165) is 29.7 Å². The second kappa shape index (κ2) is 6.92. The number of thioether (sulfide) groups is 1. The van der Waals surface area contributed by atoms with E-state index in [4.69, 9.17) is 4.74 Å². The topological polar surface area (TPSA) is 74.8 Å². The molecule has 0 bridgehead atoms. The molecule has 0 radical (unpaired) electrons. The summed E-state index contributed by atoms with van der Waals surface area (Å²) >= 11 is 3.31. The zero-order valence-electron chi connectivity index (χ0n) is 14.0. The smallest absolute Gasteiger partial charge is 0.415 e. The molecule has 1 N–H and O–H groups in total. The average molecular weight is 396 g/mol. The summed E-state index contributed by atoms with van der Waals surface area (Å²) in [6, 6.07) is 3.00. The molecule has 2 amide bonds. The highest BCUT2D eigenvalue weighted by Gasteiger charge is 2.37. The third kappa shape index (κ3) is 3.07.